The molecule has 0 spiro atoms. The Kier molecular flexibility index (Phi) is 37.0. The molecule has 0 unspecified atom stereocenters. The maximum Gasteiger partial charge on any atom is 0.407 e. The van der Waals surface area contributed by atoms with Crippen LogP contribution in [0.5, 0.6) is 0 Å². The van der Waals surface area contributed by atoms with Crippen molar-refractivity contribution in [3.05, 3.63) is 71.8 Å². The molecule has 13 amide bonds. The summed E-state index contributed by atoms with van der Waals surface area (Å²) in [6.07, 6.45) is 0.773. The molecule has 2 aromatic carbocycles. The van der Waals surface area contributed by atoms with E-state index in [-0.39, 0.29) is 101 Å². The zero-order valence-corrected chi connectivity index (χ0v) is 69.4. The second-order valence-electron chi connectivity index (χ2n) is 32.1. The predicted molar refractivity (Wildman–Crippen MR) is 420 cm³/mol. The van der Waals surface area contributed by atoms with Crippen molar-refractivity contribution >= 4 is 77.0 Å². The van der Waals surface area contributed by atoms with E-state index < -0.39 is 168 Å². The Morgan fingerprint density at radius 3 is 1.47 bits per heavy atom. The number of benzene rings is 2. The second kappa shape index (κ2) is 43.6. The summed E-state index contributed by atoms with van der Waals surface area (Å²) in [6, 6.07) is 3.01. The minimum Gasteiger partial charge on any atom is -0.449 e. The number of hydrogen-bond donors (Lipinski definition) is 7. The molecule has 2 aliphatic rings. The number of hydrogen-bond acceptors (Lipinski definition) is 16. The largest absolute Gasteiger partial charge is 0.449 e. The summed E-state index contributed by atoms with van der Waals surface area (Å²) in [6.45, 7) is 27.6. The van der Waals surface area contributed by atoms with Crippen molar-refractivity contribution in [2.75, 3.05) is 88.8 Å². The van der Waals surface area contributed by atoms with Crippen LogP contribution in [-0.4, -0.2) is 272 Å². The van der Waals surface area contributed by atoms with Crippen LogP contribution >= 0.6 is 0 Å². The first-order valence-electron chi connectivity index (χ1n) is 38.8. The van der Waals surface area contributed by atoms with Gasteiger partial charge >= 0.3 is 6.09 Å². The zero-order valence-electron chi connectivity index (χ0n) is 69.4. The summed E-state index contributed by atoms with van der Waals surface area (Å²) in [7, 11) is 9.70. The molecule has 1 aliphatic heterocycles. The maximum atomic E-state index is 15.5. The fourth-order valence-electron chi connectivity index (χ4n) is 14.0. The van der Waals surface area contributed by atoms with Gasteiger partial charge in [-0.15, -0.1) is 0 Å². The summed E-state index contributed by atoms with van der Waals surface area (Å²) in [5.74, 6) is -11.5. The number of aliphatic hydroxyl groups is 1. The third-order valence-electron chi connectivity index (χ3n) is 20.5. The van der Waals surface area contributed by atoms with Gasteiger partial charge in [0.1, 0.15) is 67.0 Å². The van der Waals surface area contributed by atoms with Gasteiger partial charge in [0.05, 0.1) is 25.9 Å². The van der Waals surface area contributed by atoms with Crippen molar-refractivity contribution in [2.24, 2.45) is 41.4 Å². The molecule has 110 heavy (non-hydrogen) atoms. The number of carbonyl (C=O) groups excluding carboxylic acids is 13. The van der Waals surface area contributed by atoms with Crippen LogP contribution in [0.4, 0.5) is 4.79 Å². The lowest BCUT2D eigenvalue weighted by Gasteiger charge is -2.41. The number of nitrogens with zero attached hydrogens (tertiary/aromatic N) is 7. The highest BCUT2D eigenvalue weighted by molar-refractivity contribution is 6.00. The molecule has 29 nitrogen and oxygen atoms in total. The predicted octanol–water partition coefficient (Wildman–Crippen LogP) is 4.92. The first-order chi connectivity index (χ1) is 51.5. The smallest absolute Gasteiger partial charge is 0.407 e. The molecular weight excluding hydrogens is 1410 g/mol. The Hall–Kier alpha value is -8.99. The number of amides is 13. The van der Waals surface area contributed by atoms with Gasteiger partial charge in [0.15, 0.2) is 0 Å². The Labute approximate surface area is 652 Å². The lowest BCUT2D eigenvalue weighted by atomic mass is 9.91. The molecule has 1 heterocycles. The van der Waals surface area contributed by atoms with E-state index in [9.17, 15) is 48.3 Å². The average Bonchev–Trinajstić information content (AvgIpc) is 1.09. The molecular formula is C81H129N13O16. The van der Waals surface area contributed by atoms with Gasteiger partial charge in [0.2, 0.25) is 70.9 Å². The first kappa shape index (κ1) is 93.4. The monoisotopic (exact) mass is 1540 g/mol. The van der Waals surface area contributed by atoms with Gasteiger partial charge in [-0.3, -0.25) is 57.5 Å². The molecule has 0 bridgehead atoms. The van der Waals surface area contributed by atoms with E-state index in [1.807, 2.05) is 91.8 Å². The number of aliphatic hydroxyl groups excluding tert-OH is 1. The molecule has 0 aromatic heterocycles. The van der Waals surface area contributed by atoms with E-state index in [2.05, 4.69) is 44.0 Å². The molecule has 4 rings (SSSR count). The third kappa shape index (κ3) is 25.8. The summed E-state index contributed by atoms with van der Waals surface area (Å²) >= 11 is 0. The van der Waals surface area contributed by atoms with Crippen LogP contribution in [0.2, 0.25) is 0 Å². The van der Waals surface area contributed by atoms with Crippen molar-refractivity contribution in [1.29, 1.82) is 0 Å². The minimum absolute atomic E-state index is 0.0277. The van der Waals surface area contributed by atoms with E-state index >= 15 is 19.2 Å². The summed E-state index contributed by atoms with van der Waals surface area (Å²) < 4.78 is 11.3. The Balaban J connectivity index is 1.70. The quantitative estimate of drug-likeness (QED) is 0.0542. The third-order valence-corrected chi connectivity index (χ3v) is 20.5. The lowest BCUT2D eigenvalue weighted by Crippen LogP contribution is -2.63. The van der Waals surface area contributed by atoms with Gasteiger partial charge in [0.25, 0.3) is 0 Å². The van der Waals surface area contributed by atoms with Crippen LogP contribution < -0.4 is 31.9 Å². The van der Waals surface area contributed by atoms with Crippen LogP contribution in [0.1, 0.15) is 166 Å². The number of rotatable bonds is 24. The van der Waals surface area contributed by atoms with Crippen LogP contribution in [0.15, 0.2) is 60.7 Å². The van der Waals surface area contributed by atoms with Crippen molar-refractivity contribution < 1.29 is 76.9 Å². The number of nitrogens with one attached hydrogen (secondary N) is 6. The first-order valence-corrected chi connectivity index (χ1v) is 38.8. The normalized spacial score (nSPS) is 23.7. The lowest BCUT2D eigenvalue weighted by molar-refractivity contribution is -0.157. The van der Waals surface area contributed by atoms with Crippen LogP contribution in [-0.2, 0) is 67.0 Å². The standard InChI is InChI=1S/C81H129N13O16/c1-24-60-76(103)88(17)44-66(96)89(18)61(40-46(2)3)73(100)87-67(50(10)11)79(106)90(19)62(41-47(4)5)72(99)84-53(15)71(98)85-54(16)75(102)91(20)63(42-48(6)7)77(104)92(21)64(43-49(8)9)78(105)93(22)68(51(12)13)80(107)94(23)69(74(101)86-60)70(97)52(14)30-29-35-65(95)82-36-38-109-39-37-83-81(108)110-45-59-57-33-27-25-31-55(57)56-32-26-28-34-58(56)59/h25-29,31-35,46-54,59-64,67-70,97H,24,30,36-45H2,1-23H3,(H,82,95)(H,83,108)(H,84,99)(H,85,98)(H,86,101)(H,87,100)/b35-29+/t52-,53+,54-,60-,61+,62+,63-,64+,67+,68+,69+,70-/m1/s1. The number of alkyl carbamates (subject to hydrolysis) is 1. The fourth-order valence-corrected chi connectivity index (χ4v) is 14.0. The second-order valence-corrected chi connectivity index (χ2v) is 32.1. The maximum absolute atomic E-state index is 15.5. The van der Waals surface area contributed by atoms with Crippen molar-refractivity contribution in [2.45, 2.75) is 222 Å². The molecule has 2 aromatic rings. The number of carbonyl (C=O) groups is 13. The van der Waals surface area contributed by atoms with Crippen LogP contribution in [0.25, 0.3) is 11.1 Å². The Morgan fingerprint density at radius 2 is 0.964 bits per heavy atom. The minimum atomic E-state index is -1.79. The molecule has 12 atom stereocenters. The van der Waals surface area contributed by atoms with Gasteiger partial charge < -0.3 is 80.8 Å². The summed E-state index contributed by atoms with van der Waals surface area (Å²) in [5, 5.41) is 28.9. The molecule has 0 radical (unpaired) electrons. The summed E-state index contributed by atoms with van der Waals surface area (Å²) in [4.78, 5) is 196. The van der Waals surface area contributed by atoms with Crippen LogP contribution in [0.3, 0.4) is 0 Å². The topological polar surface area (TPSA) is 355 Å². The van der Waals surface area contributed by atoms with Gasteiger partial charge in [0, 0.05) is 68.3 Å². The van der Waals surface area contributed by atoms with Gasteiger partial charge in [-0.1, -0.05) is 152 Å². The van der Waals surface area contributed by atoms with Gasteiger partial charge in [-0.05, 0) is 122 Å². The molecule has 1 saturated heterocycles. The van der Waals surface area contributed by atoms with Gasteiger partial charge in [-0.25, -0.2) is 4.79 Å². The fraction of sp³-hybridized carbons (Fsp3) is 0.667. The molecule has 1 fully saturated rings. The van der Waals surface area contributed by atoms with Crippen molar-refractivity contribution in [3.63, 3.8) is 0 Å². The molecule has 614 valence electrons. The average molecular weight is 1540 g/mol. The highest BCUT2D eigenvalue weighted by atomic mass is 16.5. The van der Waals surface area contributed by atoms with E-state index in [1.165, 1.54) is 99.8 Å². The number of ether oxygens (including phenoxy) is 2. The molecule has 1 aliphatic carbocycles. The molecule has 29 heteroatoms. The highest BCUT2D eigenvalue weighted by Gasteiger charge is 2.46. The van der Waals surface area contributed by atoms with E-state index in [4.69, 9.17) is 9.47 Å². The van der Waals surface area contributed by atoms with Crippen molar-refractivity contribution in [1.82, 2.24) is 66.2 Å². The number of likely N-dealkylation sites (N-methyl/N-ethyl adjacent to an activating group) is 7. The Bertz CT molecular complexity index is 3480. The zero-order chi connectivity index (χ0) is 83.0. The molecule has 7 N–H and O–H groups in total. The SMILES string of the molecule is CC[C@H]1NC(=O)[C@H]([C@H](O)[C@H](C)C/C=C/C(=O)NCCOCCNC(=O)OCC2c3ccccc3-c3ccccc32)N(C)C(=O)[C@H](C(C)C)N(C)C(=O)[C@H](CC(C)C)N(C)C(=O)[C@@H](CC(C)C)N(C)C(=O)[C@@H](C)NC(=O)[C@H](C)NC(=O)[C@H](CC(C)C)N(C)C(=O)[C@H](C(C)C)NC(=O)[C@H](CC(C)C)N(C)C(=O)CN(C)C1=O. The van der Waals surface area contributed by atoms with E-state index in [0.29, 0.717) is 0 Å². The van der Waals surface area contributed by atoms with Crippen LogP contribution in [0, 0.1) is 41.4 Å². The van der Waals surface area contributed by atoms with Gasteiger partial charge in [-0.2, -0.15) is 0 Å². The summed E-state index contributed by atoms with van der Waals surface area (Å²) in [5.41, 5.74) is 4.40. The number of fused-ring (bicyclic) bond motifs is 3. The van der Waals surface area contributed by atoms with E-state index in [0.717, 1.165) is 32.1 Å². The van der Waals surface area contributed by atoms with Crippen molar-refractivity contribution in [3.8, 4) is 11.1 Å². The number of allylic oxidation sites excluding steroid dienone is 1. The highest BCUT2D eigenvalue weighted by Crippen LogP contribution is 2.44. The molecule has 0 saturated carbocycles. The van der Waals surface area contributed by atoms with E-state index in [1.54, 1.807) is 41.5 Å². The Morgan fingerprint density at radius 1 is 0.509 bits per heavy atom.